The molecule has 1 atom stereocenters. The number of methoxy groups -OCH3 is 2. The van der Waals surface area contributed by atoms with E-state index in [0.29, 0.717) is 5.56 Å². The average Bonchev–Trinajstić information content (AvgIpc) is 3.04. The molecule has 0 amide bonds. The van der Waals surface area contributed by atoms with Crippen LogP contribution in [0.1, 0.15) is 22.1 Å². The van der Waals surface area contributed by atoms with E-state index in [0.717, 1.165) is 18.2 Å². The topological polar surface area (TPSA) is 75.3 Å². The normalized spacial score (nSPS) is 15.5. The molecule has 0 bridgehead atoms. The third kappa shape index (κ3) is 6.05. The van der Waals surface area contributed by atoms with E-state index in [1.807, 2.05) is 0 Å². The number of alkyl halides is 6. The van der Waals surface area contributed by atoms with Gasteiger partial charge in [-0.3, -0.25) is 0 Å². The first-order valence-corrected chi connectivity index (χ1v) is 9.17. The highest BCUT2D eigenvalue weighted by molar-refractivity contribution is 5.98. The maximum absolute atomic E-state index is 12.5. The van der Waals surface area contributed by atoms with E-state index >= 15 is 0 Å². The maximum atomic E-state index is 12.5. The zero-order valence-electron chi connectivity index (χ0n) is 17.1. The van der Waals surface area contributed by atoms with Gasteiger partial charge in [0, 0.05) is 29.4 Å². The van der Waals surface area contributed by atoms with Crippen LogP contribution in [0.5, 0.6) is 23.0 Å². The van der Waals surface area contributed by atoms with E-state index in [1.165, 1.54) is 26.4 Å². The number of hydrogen-bond acceptors (Lipinski definition) is 7. The van der Waals surface area contributed by atoms with Crippen LogP contribution in [0.2, 0.25) is 0 Å². The summed E-state index contributed by atoms with van der Waals surface area (Å²) in [6, 6.07) is 6.09. The molecule has 0 saturated carbocycles. The standard InChI is InChI=1S/C20H17F6NO6/c1-29-14-4-3-13-15(16(14)30-2)18(28)33-17(13)27-10-5-11(31-8-19(21,22)23)7-12(6-10)32-9-20(24,25)26/h3-7,17,27H,8-9H2,1-2H3/t17-/m0/s1. The number of rotatable bonds is 8. The van der Waals surface area contributed by atoms with Crippen molar-refractivity contribution in [2.45, 2.75) is 18.6 Å². The Morgan fingerprint density at radius 1 is 0.909 bits per heavy atom. The van der Waals surface area contributed by atoms with Crippen molar-refractivity contribution in [2.24, 2.45) is 0 Å². The number of anilines is 1. The van der Waals surface area contributed by atoms with Gasteiger partial charge in [-0.2, -0.15) is 26.3 Å². The minimum Gasteiger partial charge on any atom is -0.493 e. The third-order valence-corrected chi connectivity index (χ3v) is 4.27. The molecule has 2 aromatic rings. The van der Waals surface area contributed by atoms with Gasteiger partial charge in [0.1, 0.15) is 17.1 Å². The highest BCUT2D eigenvalue weighted by Crippen LogP contribution is 2.42. The van der Waals surface area contributed by atoms with Crippen LogP contribution in [-0.4, -0.2) is 45.8 Å². The number of nitrogens with one attached hydrogen (secondary N) is 1. The second-order valence-corrected chi connectivity index (χ2v) is 6.70. The van der Waals surface area contributed by atoms with E-state index < -0.39 is 49.3 Å². The Morgan fingerprint density at radius 2 is 1.48 bits per heavy atom. The summed E-state index contributed by atoms with van der Waals surface area (Å²) in [5.74, 6) is -1.21. The van der Waals surface area contributed by atoms with Crippen molar-refractivity contribution in [3.05, 3.63) is 41.5 Å². The number of benzene rings is 2. The van der Waals surface area contributed by atoms with E-state index in [-0.39, 0.29) is 22.7 Å². The lowest BCUT2D eigenvalue weighted by Crippen LogP contribution is -2.20. The van der Waals surface area contributed by atoms with Crippen LogP contribution >= 0.6 is 0 Å². The van der Waals surface area contributed by atoms with Gasteiger partial charge in [-0.15, -0.1) is 0 Å². The van der Waals surface area contributed by atoms with Crippen molar-refractivity contribution in [2.75, 3.05) is 32.8 Å². The van der Waals surface area contributed by atoms with E-state index in [2.05, 4.69) is 14.8 Å². The van der Waals surface area contributed by atoms with Gasteiger partial charge >= 0.3 is 18.3 Å². The lowest BCUT2D eigenvalue weighted by Gasteiger charge is -2.18. The van der Waals surface area contributed by atoms with Crippen LogP contribution < -0.4 is 24.3 Å². The fourth-order valence-electron chi connectivity index (χ4n) is 3.01. The number of ether oxygens (including phenoxy) is 5. The van der Waals surface area contributed by atoms with Crippen molar-refractivity contribution in [3.63, 3.8) is 0 Å². The van der Waals surface area contributed by atoms with E-state index in [1.54, 1.807) is 0 Å². The second kappa shape index (κ2) is 9.16. The fourth-order valence-corrected chi connectivity index (χ4v) is 3.01. The van der Waals surface area contributed by atoms with Gasteiger partial charge in [0.25, 0.3) is 0 Å². The molecule has 1 aliphatic heterocycles. The summed E-state index contributed by atoms with van der Waals surface area (Å²) >= 11 is 0. The zero-order valence-corrected chi connectivity index (χ0v) is 17.1. The average molecular weight is 481 g/mol. The number of fused-ring (bicyclic) bond motifs is 1. The van der Waals surface area contributed by atoms with Gasteiger partial charge in [0.05, 0.1) is 14.2 Å². The number of halogens is 6. The summed E-state index contributed by atoms with van der Waals surface area (Å²) in [7, 11) is 2.69. The number of carbonyl (C=O) groups excluding carboxylic acids is 1. The Bertz CT molecular complexity index is 987. The second-order valence-electron chi connectivity index (χ2n) is 6.70. The van der Waals surface area contributed by atoms with Crippen LogP contribution in [0, 0.1) is 0 Å². The van der Waals surface area contributed by atoms with Gasteiger partial charge in [-0.25, -0.2) is 4.79 Å². The highest BCUT2D eigenvalue weighted by atomic mass is 19.4. The molecule has 0 saturated heterocycles. The Labute approximate surface area is 183 Å². The van der Waals surface area contributed by atoms with Crippen LogP contribution in [0.15, 0.2) is 30.3 Å². The van der Waals surface area contributed by atoms with Crippen LogP contribution in [0.3, 0.4) is 0 Å². The SMILES string of the molecule is COc1ccc2c(c1OC)C(=O)O[C@@H]2Nc1cc(OCC(F)(F)F)cc(OCC(F)(F)F)c1. The van der Waals surface area contributed by atoms with Crippen LogP contribution in [0.4, 0.5) is 32.0 Å². The number of hydrogen-bond donors (Lipinski definition) is 1. The minimum absolute atomic E-state index is 0.0210. The Kier molecular flexibility index (Phi) is 6.70. The molecular weight excluding hydrogens is 464 g/mol. The van der Waals surface area contributed by atoms with Gasteiger partial charge in [-0.1, -0.05) is 0 Å². The van der Waals surface area contributed by atoms with Crippen molar-refractivity contribution >= 4 is 11.7 Å². The maximum Gasteiger partial charge on any atom is 0.422 e. The molecule has 2 aromatic carbocycles. The first kappa shape index (κ1) is 24.1. The third-order valence-electron chi connectivity index (χ3n) is 4.27. The van der Waals surface area contributed by atoms with Crippen molar-refractivity contribution in [1.82, 2.24) is 0 Å². The van der Waals surface area contributed by atoms with Gasteiger partial charge in [0.15, 0.2) is 24.7 Å². The Hall–Kier alpha value is -3.51. The van der Waals surface area contributed by atoms with Gasteiger partial charge in [0.2, 0.25) is 6.23 Å². The molecular formula is C20H17F6NO6. The van der Waals surface area contributed by atoms with Crippen LogP contribution in [-0.2, 0) is 4.74 Å². The number of cyclic esters (lactones) is 1. The quantitative estimate of drug-likeness (QED) is 0.426. The summed E-state index contributed by atoms with van der Waals surface area (Å²) in [5.41, 5.74) is 0.358. The van der Waals surface area contributed by atoms with Crippen molar-refractivity contribution < 1.29 is 54.8 Å². The Balaban J connectivity index is 1.90. The van der Waals surface area contributed by atoms with E-state index in [4.69, 9.17) is 14.2 Å². The monoisotopic (exact) mass is 481 g/mol. The molecule has 1 N–H and O–H groups in total. The van der Waals surface area contributed by atoms with Crippen molar-refractivity contribution in [3.8, 4) is 23.0 Å². The van der Waals surface area contributed by atoms with Crippen LogP contribution in [0.25, 0.3) is 0 Å². The molecule has 0 aromatic heterocycles. The molecule has 0 spiro atoms. The molecule has 1 heterocycles. The summed E-state index contributed by atoms with van der Waals surface area (Å²) in [6.45, 7) is -3.35. The first-order valence-electron chi connectivity index (χ1n) is 9.17. The molecule has 3 rings (SSSR count). The van der Waals surface area contributed by atoms with Crippen molar-refractivity contribution in [1.29, 1.82) is 0 Å². The lowest BCUT2D eigenvalue weighted by molar-refractivity contribution is -0.153. The molecule has 7 nitrogen and oxygen atoms in total. The number of esters is 1. The largest absolute Gasteiger partial charge is 0.493 e. The molecule has 1 aliphatic rings. The number of carbonyl (C=O) groups is 1. The summed E-state index contributed by atoms with van der Waals surface area (Å²) in [5, 5.41) is 2.73. The highest BCUT2D eigenvalue weighted by Gasteiger charge is 2.36. The molecule has 0 radical (unpaired) electrons. The molecule has 180 valence electrons. The smallest absolute Gasteiger partial charge is 0.422 e. The summed E-state index contributed by atoms with van der Waals surface area (Å²) < 4.78 is 100.0. The van der Waals surface area contributed by atoms with E-state index in [9.17, 15) is 31.1 Å². The molecule has 13 heteroatoms. The van der Waals surface area contributed by atoms with Gasteiger partial charge < -0.3 is 29.0 Å². The predicted octanol–water partition coefficient (Wildman–Crippen LogP) is 4.87. The minimum atomic E-state index is -4.67. The first-order chi connectivity index (χ1) is 15.4. The lowest BCUT2D eigenvalue weighted by atomic mass is 10.1. The molecule has 0 fully saturated rings. The Morgan fingerprint density at radius 3 is 1.97 bits per heavy atom. The summed E-state index contributed by atoms with van der Waals surface area (Å²) in [6.07, 6.45) is -10.5. The fraction of sp³-hybridized carbons (Fsp3) is 0.350. The zero-order chi connectivity index (χ0) is 24.4. The molecule has 0 aliphatic carbocycles. The summed E-state index contributed by atoms with van der Waals surface area (Å²) in [4.78, 5) is 12.4. The predicted molar refractivity (Wildman–Crippen MR) is 101 cm³/mol. The molecule has 0 unspecified atom stereocenters. The molecule has 33 heavy (non-hydrogen) atoms. The van der Waals surface area contributed by atoms with Gasteiger partial charge in [-0.05, 0) is 12.1 Å².